The van der Waals surface area contributed by atoms with Crippen LogP contribution in [-0.4, -0.2) is 25.5 Å². The van der Waals surface area contributed by atoms with Crippen molar-refractivity contribution in [2.75, 3.05) is 19.6 Å². The number of hydrogen-bond acceptors (Lipinski definition) is 2. The zero-order chi connectivity index (χ0) is 12.1. The molecule has 0 bridgehead atoms. The van der Waals surface area contributed by atoms with Crippen molar-refractivity contribution in [3.05, 3.63) is 34.3 Å². The third-order valence-electron chi connectivity index (χ3n) is 3.03. The van der Waals surface area contributed by atoms with E-state index >= 15 is 0 Å². The molecule has 0 aliphatic carbocycles. The van der Waals surface area contributed by atoms with Gasteiger partial charge in [0, 0.05) is 11.0 Å². The second-order valence-corrected chi connectivity index (χ2v) is 5.38. The van der Waals surface area contributed by atoms with Crippen LogP contribution in [0.5, 0.6) is 0 Å². The molecular weight excluding hydrogens is 316 g/mol. The average Bonchev–Trinajstić information content (AvgIpc) is 2.83. The van der Waals surface area contributed by atoms with Gasteiger partial charge in [-0.25, -0.2) is 0 Å². The van der Waals surface area contributed by atoms with Gasteiger partial charge in [-0.3, -0.25) is 4.79 Å². The molecule has 5 heteroatoms. The van der Waals surface area contributed by atoms with Gasteiger partial charge in [-0.2, -0.15) is 0 Å². The minimum atomic E-state index is 0. The monoisotopic (exact) mass is 332 g/mol. The van der Waals surface area contributed by atoms with Crippen LogP contribution < -0.4 is 10.6 Å². The first-order valence-electron chi connectivity index (χ1n) is 5.96. The van der Waals surface area contributed by atoms with Gasteiger partial charge in [-0.05, 0) is 43.1 Å². The molecule has 0 saturated carbocycles. The van der Waals surface area contributed by atoms with E-state index < -0.39 is 0 Å². The first kappa shape index (κ1) is 15.5. The van der Waals surface area contributed by atoms with E-state index in [9.17, 15) is 4.79 Å². The Hall–Kier alpha value is -0.580. The number of nitrogens with one attached hydrogen (secondary N) is 2. The van der Waals surface area contributed by atoms with E-state index in [1.807, 2.05) is 24.3 Å². The molecule has 2 rings (SSSR count). The first-order valence-corrected chi connectivity index (χ1v) is 6.75. The topological polar surface area (TPSA) is 41.1 Å². The van der Waals surface area contributed by atoms with Gasteiger partial charge >= 0.3 is 0 Å². The van der Waals surface area contributed by atoms with Crippen LogP contribution in [0.2, 0.25) is 0 Å². The molecular formula is C13H18BrClN2O. The molecule has 100 valence electrons. The van der Waals surface area contributed by atoms with Gasteiger partial charge < -0.3 is 10.6 Å². The summed E-state index contributed by atoms with van der Waals surface area (Å²) in [7, 11) is 0. The SMILES string of the molecule is Cl.O=C(Cc1ccc(Br)cc1)NCC1CCNC1. The lowest BCUT2D eigenvalue weighted by molar-refractivity contribution is -0.120. The van der Waals surface area contributed by atoms with E-state index in [2.05, 4.69) is 26.6 Å². The molecule has 1 atom stereocenters. The van der Waals surface area contributed by atoms with Crippen molar-refractivity contribution in [2.24, 2.45) is 5.92 Å². The molecule has 1 aliphatic heterocycles. The molecule has 1 aromatic carbocycles. The van der Waals surface area contributed by atoms with Crippen LogP contribution in [0.3, 0.4) is 0 Å². The summed E-state index contributed by atoms with van der Waals surface area (Å²) in [4.78, 5) is 11.7. The molecule has 3 nitrogen and oxygen atoms in total. The van der Waals surface area contributed by atoms with Gasteiger partial charge in [0.1, 0.15) is 0 Å². The van der Waals surface area contributed by atoms with Crippen molar-refractivity contribution < 1.29 is 4.79 Å². The highest BCUT2D eigenvalue weighted by molar-refractivity contribution is 9.10. The van der Waals surface area contributed by atoms with Crippen LogP contribution in [0.25, 0.3) is 0 Å². The normalized spacial score (nSPS) is 18.2. The Kier molecular flexibility index (Phi) is 6.68. The molecule has 0 aromatic heterocycles. The lowest BCUT2D eigenvalue weighted by atomic mass is 10.1. The highest BCUT2D eigenvalue weighted by atomic mass is 79.9. The van der Waals surface area contributed by atoms with E-state index in [-0.39, 0.29) is 18.3 Å². The maximum atomic E-state index is 11.7. The molecule has 1 fully saturated rings. The number of benzene rings is 1. The van der Waals surface area contributed by atoms with E-state index in [1.54, 1.807) is 0 Å². The quantitative estimate of drug-likeness (QED) is 0.886. The number of hydrogen-bond donors (Lipinski definition) is 2. The fraction of sp³-hybridized carbons (Fsp3) is 0.462. The molecule has 0 radical (unpaired) electrons. The number of halogens is 2. The summed E-state index contributed by atoms with van der Waals surface area (Å²) in [6.07, 6.45) is 1.63. The number of amides is 1. The van der Waals surface area contributed by atoms with Crippen LogP contribution in [0.1, 0.15) is 12.0 Å². The predicted molar refractivity (Wildman–Crippen MR) is 79.1 cm³/mol. The zero-order valence-corrected chi connectivity index (χ0v) is 12.5. The Labute approximate surface area is 122 Å². The molecule has 2 N–H and O–H groups in total. The highest BCUT2D eigenvalue weighted by Crippen LogP contribution is 2.11. The number of rotatable bonds is 4. The minimum Gasteiger partial charge on any atom is -0.355 e. The van der Waals surface area contributed by atoms with Crippen LogP contribution in [0.4, 0.5) is 0 Å². The Balaban J connectivity index is 0.00000162. The van der Waals surface area contributed by atoms with Crippen molar-refractivity contribution in [3.63, 3.8) is 0 Å². The zero-order valence-electron chi connectivity index (χ0n) is 10.1. The van der Waals surface area contributed by atoms with Crippen molar-refractivity contribution in [1.82, 2.24) is 10.6 Å². The Morgan fingerprint density at radius 1 is 1.39 bits per heavy atom. The molecule has 1 unspecified atom stereocenters. The fourth-order valence-corrected chi connectivity index (χ4v) is 2.26. The second-order valence-electron chi connectivity index (χ2n) is 4.47. The molecule has 0 spiro atoms. The van der Waals surface area contributed by atoms with Crippen molar-refractivity contribution in [3.8, 4) is 0 Å². The summed E-state index contributed by atoms with van der Waals surface area (Å²) < 4.78 is 1.04. The van der Waals surface area contributed by atoms with Crippen molar-refractivity contribution in [1.29, 1.82) is 0 Å². The number of carbonyl (C=O) groups is 1. The maximum Gasteiger partial charge on any atom is 0.224 e. The Morgan fingerprint density at radius 2 is 2.11 bits per heavy atom. The van der Waals surface area contributed by atoms with E-state index in [4.69, 9.17) is 0 Å². The highest BCUT2D eigenvalue weighted by Gasteiger charge is 2.14. The molecule has 1 heterocycles. The fourth-order valence-electron chi connectivity index (χ4n) is 2.00. The standard InChI is InChI=1S/C13H17BrN2O.ClH/c14-12-3-1-10(2-4-12)7-13(17)16-9-11-5-6-15-8-11;/h1-4,11,15H,5-9H2,(H,16,17);1H. The van der Waals surface area contributed by atoms with Gasteiger partial charge in [-0.15, -0.1) is 12.4 Å². The Bertz CT molecular complexity index is 377. The molecule has 1 aliphatic rings. The Morgan fingerprint density at radius 3 is 2.72 bits per heavy atom. The summed E-state index contributed by atoms with van der Waals surface area (Å²) in [6.45, 7) is 2.90. The molecule has 1 saturated heterocycles. The summed E-state index contributed by atoms with van der Waals surface area (Å²) in [5.41, 5.74) is 1.05. The van der Waals surface area contributed by atoms with Gasteiger partial charge in [0.2, 0.25) is 5.91 Å². The van der Waals surface area contributed by atoms with Gasteiger partial charge in [-0.1, -0.05) is 28.1 Å². The summed E-state index contributed by atoms with van der Waals surface area (Å²) in [5.74, 6) is 0.711. The lowest BCUT2D eigenvalue weighted by Gasteiger charge is -2.10. The molecule has 1 aromatic rings. The third kappa shape index (κ3) is 4.96. The van der Waals surface area contributed by atoms with Crippen LogP contribution >= 0.6 is 28.3 Å². The third-order valence-corrected chi connectivity index (χ3v) is 3.56. The van der Waals surface area contributed by atoms with E-state index in [1.165, 1.54) is 6.42 Å². The van der Waals surface area contributed by atoms with Crippen molar-refractivity contribution in [2.45, 2.75) is 12.8 Å². The minimum absolute atomic E-state index is 0. The summed E-state index contributed by atoms with van der Waals surface area (Å²) in [6, 6.07) is 7.87. The number of carbonyl (C=O) groups excluding carboxylic acids is 1. The first-order chi connectivity index (χ1) is 8.24. The van der Waals surface area contributed by atoms with Gasteiger partial charge in [0.05, 0.1) is 6.42 Å². The molecule has 18 heavy (non-hydrogen) atoms. The molecule has 1 amide bonds. The van der Waals surface area contributed by atoms with Crippen LogP contribution in [0.15, 0.2) is 28.7 Å². The summed E-state index contributed by atoms with van der Waals surface area (Å²) in [5, 5.41) is 6.29. The predicted octanol–water partition coefficient (Wildman–Crippen LogP) is 2.14. The average molecular weight is 334 g/mol. The second kappa shape index (κ2) is 7.77. The van der Waals surface area contributed by atoms with E-state index in [0.717, 1.165) is 29.7 Å². The smallest absolute Gasteiger partial charge is 0.224 e. The maximum absolute atomic E-state index is 11.7. The van der Waals surface area contributed by atoms with Gasteiger partial charge in [0.15, 0.2) is 0 Å². The lowest BCUT2D eigenvalue weighted by Crippen LogP contribution is -2.31. The summed E-state index contributed by atoms with van der Waals surface area (Å²) >= 11 is 3.38. The van der Waals surface area contributed by atoms with E-state index in [0.29, 0.717) is 12.3 Å². The largest absolute Gasteiger partial charge is 0.355 e. The van der Waals surface area contributed by atoms with Gasteiger partial charge in [0.25, 0.3) is 0 Å². The van der Waals surface area contributed by atoms with Crippen molar-refractivity contribution >= 4 is 34.2 Å². The van der Waals surface area contributed by atoms with Crippen LogP contribution in [-0.2, 0) is 11.2 Å². The van der Waals surface area contributed by atoms with Crippen LogP contribution in [0, 0.1) is 5.92 Å².